The molecule has 3 atom stereocenters. The summed E-state index contributed by atoms with van der Waals surface area (Å²) in [7, 11) is -3.92. The van der Waals surface area contributed by atoms with Crippen molar-refractivity contribution in [1.29, 1.82) is 0 Å². The highest BCUT2D eigenvalue weighted by Crippen LogP contribution is 2.32. The van der Waals surface area contributed by atoms with Gasteiger partial charge in [-0.2, -0.15) is 0 Å². The highest BCUT2D eigenvalue weighted by atomic mass is 35.5. The van der Waals surface area contributed by atoms with Gasteiger partial charge in [0.05, 0.1) is 26.2 Å². The summed E-state index contributed by atoms with van der Waals surface area (Å²) in [5.41, 5.74) is -0.205. The molecule has 3 rings (SSSR count). The number of sulfonamides is 1. The first-order valence-electron chi connectivity index (χ1n) is 9.67. The molecule has 9 heteroatoms. The predicted octanol–water partition coefficient (Wildman–Crippen LogP) is 5.49. The maximum absolute atomic E-state index is 14.3. The van der Waals surface area contributed by atoms with Gasteiger partial charge in [0.15, 0.2) is 0 Å². The number of hydrogen-bond donors (Lipinski definition) is 2. The molecule has 1 aliphatic carbocycles. The number of hydrogen-bond acceptors (Lipinski definition) is 3. The zero-order chi connectivity index (χ0) is 22.1. The summed E-state index contributed by atoms with van der Waals surface area (Å²) >= 11 is 12.0. The second-order valence-electron chi connectivity index (χ2n) is 7.69. The lowest BCUT2D eigenvalue weighted by Crippen LogP contribution is -2.43. The fourth-order valence-electron chi connectivity index (χ4n) is 3.65. The summed E-state index contributed by atoms with van der Waals surface area (Å²) in [4.78, 5) is 12.4. The summed E-state index contributed by atoms with van der Waals surface area (Å²) in [6.07, 6.45) is 2.75. The van der Waals surface area contributed by atoms with Crippen LogP contribution < -0.4 is 10.0 Å². The van der Waals surface area contributed by atoms with E-state index < -0.39 is 27.3 Å². The van der Waals surface area contributed by atoms with Gasteiger partial charge in [-0.15, -0.1) is 0 Å². The number of amides is 1. The van der Waals surface area contributed by atoms with E-state index in [0.717, 1.165) is 37.5 Å². The van der Waals surface area contributed by atoms with Gasteiger partial charge in [0.1, 0.15) is 5.82 Å². The van der Waals surface area contributed by atoms with E-state index >= 15 is 0 Å². The van der Waals surface area contributed by atoms with Crippen LogP contribution >= 0.6 is 23.2 Å². The standard InChI is InChI=1S/C21H23Cl2FN2O3S/c1-12-5-3-7-18(13(12)2)26-30(28,29)14-9-10-17(24)15(11-14)21(27)25-19-8-4-6-16(22)20(19)23/h4,6,8-13,18,26H,3,5,7H2,1-2H3,(H,25,27)/t12-,13-,18+/m1/s1. The third kappa shape index (κ3) is 4.97. The minimum atomic E-state index is -3.92. The Bertz CT molecular complexity index is 1060. The highest BCUT2D eigenvalue weighted by molar-refractivity contribution is 7.89. The quantitative estimate of drug-likeness (QED) is 0.603. The minimum absolute atomic E-state index is 0.110. The summed E-state index contributed by atoms with van der Waals surface area (Å²) in [5, 5.41) is 2.81. The summed E-state index contributed by atoms with van der Waals surface area (Å²) in [6.45, 7) is 4.13. The van der Waals surface area contributed by atoms with Gasteiger partial charge in [0, 0.05) is 6.04 Å². The maximum Gasteiger partial charge on any atom is 0.258 e. The first-order valence-corrected chi connectivity index (χ1v) is 11.9. The molecule has 0 heterocycles. The smallest absolute Gasteiger partial charge is 0.258 e. The van der Waals surface area contributed by atoms with Crippen LogP contribution in [0, 0.1) is 17.7 Å². The third-order valence-corrected chi connectivity index (χ3v) is 8.01. The Morgan fingerprint density at radius 1 is 1.13 bits per heavy atom. The van der Waals surface area contributed by atoms with E-state index in [4.69, 9.17) is 23.2 Å². The SMILES string of the molecule is C[C@@H]1[C@H](C)CCC[C@@H]1NS(=O)(=O)c1ccc(F)c(C(=O)Nc2cccc(Cl)c2Cl)c1. The van der Waals surface area contributed by atoms with Crippen molar-refractivity contribution in [2.45, 2.75) is 44.0 Å². The average Bonchev–Trinajstić information content (AvgIpc) is 2.69. The minimum Gasteiger partial charge on any atom is -0.320 e. The van der Waals surface area contributed by atoms with Crippen molar-refractivity contribution in [2.24, 2.45) is 11.8 Å². The Morgan fingerprint density at radius 3 is 2.60 bits per heavy atom. The van der Waals surface area contributed by atoms with Crippen LogP contribution in [0.3, 0.4) is 0 Å². The topological polar surface area (TPSA) is 75.3 Å². The number of halogens is 3. The number of anilines is 1. The molecule has 2 N–H and O–H groups in total. The number of carbonyl (C=O) groups excluding carboxylic acids is 1. The Morgan fingerprint density at radius 2 is 1.87 bits per heavy atom. The fourth-order valence-corrected chi connectivity index (χ4v) is 5.39. The molecule has 0 unspecified atom stereocenters. The monoisotopic (exact) mass is 472 g/mol. The van der Waals surface area contributed by atoms with Crippen molar-refractivity contribution >= 4 is 44.8 Å². The van der Waals surface area contributed by atoms with Gasteiger partial charge in [-0.3, -0.25) is 4.79 Å². The second-order valence-corrected chi connectivity index (χ2v) is 10.2. The van der Waals surface area contributed by atoms with Crippen molar-refractivity contribution in [3.8, 4) is 0 Å². The van der Waals surface area contributed by atoms with Crippen LogP contribution in [-0.4, -0.2) is 20.4 Å². The molecule has 30 heavy (non-hydrogen) atoms. The molecule has 0 radical (unpaired) electrons. The molecule has 0 saturated heterocycles. The molecule has 2 aromatic rings. The number of rotatable bonds is 5. The van der Waals surface area contributed by atoms with Gasteiger partial charge in [-0.25, -0.2) is 17.5 Å². The largest absolute Gasteiger partial charge is 0.320 e. The molecule has 0 spiro atoms. The normalized spacial score (nSPS) is 22.0. The van der Waals surface area contributed by atoms with Crippen LogP contribution in [0.1, 0.15) is 43.5 Å². The van der Waals surface area contributed by atoms with E-state index in [1.165, 1.54) is 6.07 Å². The van der Waals surface area contributed by atoms with Gasteiger partial charge < -0.3 is 5.32 Å². The predicted molar refractivity (Wildman–Crippen MR) is 117 cm³/mol. The van der Waals surface area contributed by atoms with Gasteiger partial charge in [-0.1, -0.05) is 56.0 Å². The summed E-state index contributed by atoms with van der Waals surface area (Å²) in [6, 6.07) is 7.59. The molecule has 1 saturated carbocycles. The van der Waals surface area contributed by atoms with Crippen molar-refractivity contribution in [3.63, 3.8) is 0 Å². The van der Waals surface area contributed by atoms with Crippen molar-refractivity contribution in [3.05, 3.63) is 57.8 Å². The van der Waals surface area contributed by atoms with Gasteiger partial charge in [0.25, 0.3) is 5.91 Å². The molecule has 0 bridgehead atoms. The lowest BCUT2D eigenvalue weighted by atomic mass is 9.78. The molecular weight excluding hydrogens is 450 g/mol. The molecule has 1 aliphatic rings. The van der Waals surface area contributed by atoms with Crippen molar-refractivity contribution in [2.75, 3.05) is 5.32 Å². The van der Waals surface area contributed by atoms with Crippen LogP contribution in [-0.2, 0) is 10.0 Å². The Kier molecular flexibility index (Phi) is 7.07. The fraction of sp³-hybridized carbons (Fsp3) is 0.381. The zero-order valence-corrected chi connectivity index (χ0v) is 18.9. The highest BCUT2D eigenvalue weighted by Gasteiger charge is 2.31. The summed E-state index contributed by atoms with van der Waals surface area (Å²) < 4.78 is 42.8. The third-order valence-electron chi connectivity index (χ3n) is 5.71. The molecule has 0 aromatic heterocycles. The molecule has 1 fully saturated rings. The van der Waals surface area contributed by atoms with E-state index in [0.29, 0.717) is 5.92 Å². The van der Waals surface area contributed by atoms with Crippen LogP contribution in [0.15, 0.2) is 41.3 Å². The molecular formula is C21H23Cl2FN2O3S. The summed E-state index contributed by atoms with van der Waals surface area (Å²) in [5.74, 6) is -1.08. The van der Waals surface area contributed by atoms with E-state index in [2.05, 4.69) is 17.0 Å². The van der Waals surface area contributed by atoms with Crippen LogP contribution in [0.5, 0.6) is 0 Å². The Balaban J connectivity index is 1.85. The number of benzene rings is 2. The van der Waals surface area contributed by atoms with Gasteiger partial charge in [-0.05, 0) is 48.6 Å². The van der Waals surface area contributed by atoms with Crippen LogP contribution in [0.25, 0.3) is 0 Å². The van der Waals surface area contributed by atoms with E-state index in [1.54, 1.807) is 12.1 Å². The van der Waals surface area contributed by atoms with E-state index in [9.17, 15) is 17.6 Å². The molecule has 162 valence electrons. The molecule has 5 nitrogen and oxygen atoms in total. The van der Waals surface area contributed by atoms with Gasteiger partial charge >= 0.3 is 0 Å². The van der Waals surface area contributed by atoms with Crippen molar-refractivity contribution < 1.29 is 17.6 Å². The van der Waals surface area contributed by atoms with E-state index in [1.807, 2.05) is 6.92 Å². The molecule has 2 aromatic carbocycles. The molecule has 1 amide bonds. The second kappa shape index (κ2) is 9.22. The van der Waals surface area contributed by atoms with E-state index in [-0.39, 0.29) is 32.6 Å². The Labute approximate surface area is 186 Å². The zero-order valence-electron chi connectivity index (χ0n) is 16.6. The van der Waals surface area contributed by atoms with Crippen molar-refractivity contribution in [1.82, 2.24) is 4.72 Å². The van der Waals surface area contributed by atoms with Crippen LogP contribution in [0.2, 0.25) is 10.0 Å². The lowest BCUT2D eigenvalue weighted by molar-refractivity contribution is 0.102. The first kappa shape index (κ1) is 23.0. The maximum atomic E-state index is 14.3. The average molecular weight is 473 g/mol. The number of nitrogens with one attached hydrogen (secondary N) is 2. The Hall–Kier alpha value is -1.67. The number of carbonyl (C=O) groups is 1. The lowest BCUT2D eigenvalue weighted by Gasteiger charge is -2.34. The first-order chi connectivity index (χ1) is 14.1. The van der Waals surface area contributed by atoms with Crippen LogP contribution in [0.4, 0.5) is 10.1 Å². The molecule has 0 aliphatic heterocycles. The van der Waals surface area contributed by atoms with Gasteiger partial charge in [0.2, 0.25) is 10.0 Å².